The van der Waals surface area contributed by atoms with Crippen LogP contribution in [0, 0.1) is 0 Å². The summed E-state index contributed by atoms with van der Waals surface area (Å²) in [7, 11) is 0. The molecule has 6 heteroatoms. The molecule has 5 aromatic carbocycles. The van der Waals surface area contributed by atoms with Gasteiger partial charge in [0.25, 0.3) is 0 Å². The third-order valence-electron chi connectivity index (χ3n) is 8.70. The molecule has 4 aromatic heterocycles. The van der Waals surface area contributed by atoms with Crippen LogP contribution in [0.1, 0.15) is 0 Å². The molecule has 0 aliphatic rings. The average molecular weight is 617 g/mol. The summed E-state index contributed by atoms with van der Waals surface area (Å²) in [6.45, 7) is 0. The molecule has 48 heavy (non-hydrogen) atoms. The van der Waals surface area contributed by atoms with Gasteiger partial charge in [0.15, 0.2) is 11.6 Å². The maximum Gasteiger partial charge on any atom is 0.187 e. The molecule has 0 aliphatic carbocycles. The lowest BCUT2D eigenvalue weighted by Gasteiger charge is -2.12. The van der Waals surface area contributed by atoms with Crippen LogP contribution in [-0.4, -0.2) is 29.3 Å². The lowest BCUT2D eigenvalue weighted by molar-refractivity contribution is 1.03. The highest BCUT2D eigenvalue weighted by Crippen LogP contribution is 2.35. The van der Waals surface area contributed by atoms with Crippen molar-refractivity contribution in [2.75, 3.05) is 0 Å². The number of hydrogen-bond acceptors (Lipinski definition) is 4. The molecular formula is C42H28N6. The van der Waals surface area contributed by atoms with Crippen molar-refractivity contribution < 1.29 is 0 Å². The molecule has 0 saturated carbocycles. The number of pyridine rings is 2. The summed E-state index contributed by atoms with van der Waals surface area (Å²) in [4.78, 5) is 10.3. The summed E-state index contributed by atoms with van der Waals surface area (Å²) in [6.07, 6.45) is 0. The van der Waals surface area contributed by atoms with Gasteiger partial charge in [-0.05, 0) is 65.7 Å². The number of benzene rings is 5. The first-order valence-corrected chi connectivity index (χ1v) is 15.9. The molecule has 4 heterocycles. The Morgan fingerprint density at radius 2 is 0.938 bits per heavy atom. The van der Waals surface area contributed by atoms with Crippen LogP contribution in [0.15, 0.2) is 170 Å². The third-order valence-corrected chi connectivity index (χ3v) is 8.70. The Morgan fingerprint density at radius 3 is 1.69 bits per heavy atom. The van der Waals surface area contributed by atoms with Gasteiger partial charge in [0.1, 0.15) is 17.2 Å². The van der Waals surface area contributed by atoms with Gasteiger partial charge in [0.2, 0.25) is 0 Å². The third kappa shape index (κ3) is 4.75. The van der Waals surface area contributed by atoms with E-state index >= 15 is 0 Å². The molecule has 0 radical (unpaired) electrons. The molecular weight excluding hydrogens is 589 g/mol. The van der Waals surface area contributed by atoms with Crippen molar-refractivity contribution >= 4 is 21.8 Å². The van der Waals surface area contributed by atoms with Crippen LogP contribution >= 0.6 is 0 Å². The second-order valence-corrected chi connectivity index (χ2v) is 11.6. The van der Waals surface area contributed by atoms with E-state index in [-0.39, 0.29) is 0 Å². The van der Waals surface area contributed by atoms with Gasteiger partial charge < -0.3 is 0 Å². The summed E-state index contributed by atoms with van der Waals surface area (Å²) in [6, 6.07) is 58.1. The molecule has 9 rings (SSSR count). The van der Waals surface area contributed by atoms with Crippen molar-refractivity contribution in [2.45, 2.75) is 0 Å². The van der Waals surface area contributed by atoms with Crippen LogP contribution in [0.4, 0.5) is 0 Å². The molecule has 0 aliphatic heterocycles. The normalized spacial score (nSPS) is 11.3. The van der Waals surface area contributed by atoms with E-state index in [1.807, 2.05) is 77.4 Å². The molecule has 226 valence electrons. The predicted molar refractivity (Wildman–Crippen MR) is 193 cm³/mol. The van der Waals surface area contributed by atoms with Crippen LogP contribution in [0.2, 0.25) is 0 Å². The monoisotopic (exact) mass is 616 g/mol. The van der Waals surface area contributed by atoms with Gasteiger partial charge in [-0.15, -0.1) is 10.2 Å². The SMILES string of the molecule is c1ccc(-c2ccc3c(c2)c2ccccc2n3-c2cccc(-c3nnc(-c4cccc(-c5ccccc5)n4)n3-c3ccccc3)n2)cc1. The zero-order valence-electron chi connectivity index (χ0n) is 25.8. The summed E-state index contributed by atoms with van der Waals surface area (Å²) in [5.74, 6) is 2.09. The Labute approximate surface area is 277 Å². The van der Waals surface area contributed by atoms with Gasteiger partial charge in [-0.1, -0.05) is 115 Å². The second-order valence-electron chi connectivity index (χ2n) is 11.6. The quantitative estimate of drug-likeness (QED) is 0.187. The van der Waals surface area contributed by atoms with Gasteiger partial charge in [0, 0.05) is 22.0 Å². The standard InChI is InChI=1S/C42H28N6/c1-4-14-29(15-5-1)31-26-27-39-34(28-31)33-20-10-11-24-38(33)48(39)40-25-13-23-37(44-40)42-46-45-41(47(42)32-18-8-3-9-19-32)36-22-12-21-35(43-36)30-16-6-2-7-17-30/h1-28H. The lowest BCUT2D eigenvalue weighted by atomic mass is 10.0. The zero-order chi connectivity index (χ0) is 31.9. The Kier molecular flexibility index (Phi) is 6.68. The predicted octanol–water partition coefficient (Wildman–Crippen LogP) is 9.82. The van der Waals surface area contributed by atoms with Crippen molar-refractivity contribution in [1.29, 1.82) is 0 Å². The molecule has 0 fully saturated rings. The fraction of sp³-hybridized carbons (Fsp3) is 0. The summed E-state index contributed by atoms with van der Waals surface area (Å²) in [5.41, 5.74) is 8.84. The number of para-hydroxylation sites is 2. The van der Waals surface area contributed by atoms with E-state index in [0.717, 1.165) is 39.5 Å². The minimum absolute atomic E-state index is 0.636. The van der Waals surface area contributed by atoms with Gasteiger partial charge in [-0.2, -0.15) is 0 Å². The van der Waals surface area contributed by atoms with Crippen molar-refractivity contribution in [3.05, 3.63) is 170 Å². The minimum atomic E-state index is 0.636. The van der Waals surface area contributed by atoms with Crippen LogP contribution in [0.5, 0.6) is 0 Å². The van der Waals surface area contributed by atoms with Gasteiger partial charge >= 0.3 is 0 Å². The topological polar surface area (TPSA) is 61.4 Å². The number of hydrogen-bond donors (Lipinski definition) is 0. The largest absolute Gasteiger partial charge is 0.294 e. The minimum Gasteiger partial charge on any atom is -0.294 e. The van der Waals surface area contributed by atoms with E-state index in [2.05, 4.69) is 102 Å². The van der Waals surface area contributed by atoms with E-state index < -0.39 is 0 Å². The van der Waals surface area contributed by atoms with Crippen LogP contribution in [0.3, 0.4) is 0 Å². The highest BCUT2D eigenvalue weighted by Gasteiger charge is 2.21. The second kappa shape index (κ2) is 11.6. The summed E-state index contributed by atoms with van der Waals surface area (Å²) < 4.78 is 4.28. The highest BCUT2D eigenvalue weighted by atomic mass is 15.3. The molecule has 0 unspecified atom stereocenters. The number of rotatable bonds is 6. The fourth-order valence-corrected chi connectivity index (χ4v) is 6.47. The molecule has 0 bridgehead atoms. The Hall–Kier alpha value is -6.66. The van der Waals surface area contributed by atoms with E-state index in [4.69, 9.17) is 20.2 Å². The molecule has 0 atom stereocenters. The number of nitrogens with zero attached hydrogens (tertiary/aromatic N) is 6. The summed E-state index contributed by atoms with van der Waals surface area (Å²) in [5, 5.41) is 11.8. The van der Waals surface area contributed by atoms with Crippen molar-refractivity contribution in [1.82, 2.24) is 29.3 Å². The Balaban J connectivity index is 1.21. The summed E-state index contributed by atoms with van der Waals surface area (Å²) >= 11 is 0. The van der Waals surface area contributed by atoms with Gasteiger partial charge in [0.05, 0.1) is 16.7 Å². The Morgan fingerprint density at radius 1 is 0.354 bits per heavy atom. The maximum absolute atomic E-state index is 5.24. The number of fused-ring (bicyclic) bond motifs is 3. The first kappa shape index (κ1) is 27.6. The van der Waals surface area contributed by atoms with E-state index in [1.165, 1.54) is 21.9 Å². The van der Waals surface area contributed by atoms with Crippen molar-refractivity contribution in [3.63, 3.8) is 0 Å². The zero-order valence-corrected chi connectivity index (χ0v) is 25.8. The first-order valence-electron chi connectivity index (χ1n) is 15.9. The first-order chi connectivity index (χ1) is 23.8. The molecule has 9 aromatic rings. The maximum atomic E-state index is 5.24. The van der Waals surface area contributed by atoms with E-state index in [0.29, 0.717) is 17.3 Å². The van der Waals surface area contributed by atoms with Crippen LogP contribution < -0.4 is 0 Å². The van der Waals surface area contributed by atoms with E-state index in [9.17, 15) is 0 Å². The van der Waals surface area contributed by atoms with Gasteiger partial charge in [-0.3, -0.25) is 9.13 Å². The molecule has 6 nitrogen and oxygen atoms in total. The van der Waals surface area contributed by atoms with Gasteiger partial charge in [-0.25, -0.2) is 9.97 Å². The van der Waals surface area contributed by atoms with Crippen molar-refractivity contribution in [3.8, 4) is 56.9 Å². The average Bonchev–Trinajstić information content (AvgIpc) is 3.76. The molecule has 0 spiro atoms. The van der Waals surface area contributed by atoms with Crippen LogP contribution in [-0.2, 0) is 0 Å². The smallest absolute Gasteiger partial charge is 0.187 e. The lowest BCUT2D eigenvalue weighted by Crippen LogP contribution is -2.04. The molecule has 0 N–H and O–H groups in total. The highest BCUT2D eigenvalue weighted by molar-refractivity contribution is 6.10. The number of aromatic nitrogens is 6. The van der Waals surface area contributed by atoms with E-state index in [1.54, 1.807) is 0 Å². The van der Waals surface area contributed by atoms with Crippen LogP contribution in [0.25, 0.3) is 78.7 Å². The van der Waals surface area contributed by atoms with Crippen molar-refractivity contribution in [2.24, 2.45) is 0 Å². The fourth-order valence-electron chi connectivity index (χ4n) is 6.47. The molecule has 0 amide bonds. The molecule has 0 saturated heterocycles. The Bertz CT molecular complexity index is 2550.